The van der Waals surface area contributed by atoms with E-state index in [0.29, 0.717) is 37.1 Å². The summed E-state index contributed by atoms with van der Waals surface area (Å²) in [4.78, 5) is 14.1. The summed E-state index contributed by atoms with van der Waals surface area (Å²) in [5.74, 6) is 0.611. The molecule has 156 valence electrons. The topological polar surface area (TPSA) is 70.9 Å². The van der Waals surface area contributed by atoms with E-state index < -0.39 is 10.0 Å². The van der Waals surface area contributed by atoms with E-state index in [4.69, 9.17) is 11.6 Å². The molecule has 0 spiro atoms. The van der Waals surface area contributed by atoms with Crippen LogP contribution in [-0.4, -0.2) is 56.9 Å². The minimum absolute atomic E-state index is 0.0832. The van der Waals surface area contributed by atoms with Crippen LogP contribution in [0, 0.1) is 5.92 Å². The second-order valence-corrected chi connectivity index (χ2v) is 10.5. The van der Waals surface area contributed by atoms with Crippen molar-refractivity contribution in [3.63, 3.8) is 0 Å². The highest BCUT2D eigenvalue weighted by Gasteiger charge is 2.35. The van der Waals surface area contributed by atoms with Crippen molar-refractivity contribution in [3.8, 4) is 0 Å². The van der Waals surface area contributed by atoms with Gasteiger partial charge in [-0.15, -0.1) is 0 Å². The van der Waals surface area contributed by atoms with Gasteiger partial charge in [0.2, 0.25) is 10.0 Å². The summed E-state index contributed by atoms with van der Waals surface area (Å²) in [5, 5.41) is 3.64. The molecule has 1 saturated carbocycles. The van der Waals surface area contributed by atoms with E-state index in [2.05, 4.69) is 12.2 Å². The number of sulfonamides is 1. The lowest BCUT2D eigenvalue weighted by Crippen LogP contribution is -3.19. The first-order valence-corrected chi connectivity index (χ1v) is 12.0. The van der Waals surface area contributed by atoms with Crippen molar-refractivity contribution in [2.45, 2.75) is 56.5 Å². The number of nitrogens with one attached hydrogen (secondary N) is 2. The number of carbonyl (C=O) groups is 1. The largest absolute Gasteiger partial charge is 0.348 e. The molecule has 0 unspecified atom stereocenters. The zero-order valence-corrected chi connectivity index (χ0v) is 18.2. The summed E-state index contributed by atoms with van der Waals surface area (Å²) < 4.78 is 27.2. The van der Waals surface area contributed by atoms with Crippen LogP contribution in [0.4, 0.5) is 0 Å². The van der Waals surface area contributed by atoms with E-state index in [-0.39, 0.29) is 22.9 Å². The molecule has 1 aliphatic heterocycles. The van der Waals surface area contributed by atoms with Gasteiger partial charge in [-0.1, -0.05) is 37.4 Å². The predicted octanol–water partition coefficient (Wildman–Crippen LogP) is 1.31. The van der Waals surface area contributed by atoms with Crippen LogP contribution in [0.5, 0.6) is 0 Å². The van der Waals surface area contributed by atoms with Crippen molar-refractivity contribution in [2.75, 3.05) is 26.2 Å². The summed E-state index contributed by atoms with van der Waals surface area (Å²) >= 11 is 5.95. The molecule has 0 aromatic heterocycles. The lowest BCUT2D eigenvalue weighted by molar-refractivity contribution is -0.917. The highest BCUT2D eigenvalue weighted by Crippen LogP contribution is 2.23. The molecule has 8 heteroatoms. The fourth-order valence-electron chi connectivity index (χ4n) is 4.25. The van der Waals surface area contributed by atoms with Gasteiger partial charge in [0.25, 0.3) is 5.91 Å². The number of quaternary nitrogens is 1. The summed E-state index contributed by atoms with van der Waals surface area (Å²) in [6.07, 6.45) is 4.65. The van der Waals surface area contributed by atoms with Crippen molar-refractivity contribution in [2.24, 2.45) is 5.92 Å². The second kappa shape index (κ2) is 9.11. The molecule has 2 fully saturated rings. The number of hydrogen-bond acceptors (Lipinski definition) is 3. The quantitative estimate of drug-likeness (QED) is 0.742. The number of piperazine rings is 1. The van der Waals surface area contributed by atoms with E-state index in [1.807, 2.05) is 6.92 Å². The monoisotopic (exact) mass is 428 g/mol. The van der Waals surface area contributed by atoms with E-state index >= 15 is 0 Å². The van der Waals surface area contributed by atoms with Gasteiger partial charge in [-0.25, -0.2) is 8.42 Å². The Bertz CT molecular complexity index is 794. The molecule has 1 saturated heterocycles. The Morgan fingerprint density at radius 2 is 1.93 bits per heavy atom. The Morgan fingerprint density at radius 1 is 1.25 bits per heavy atom. The molecule has 3 atom stereocenters. The first kappa shape index (κ1) is 21.6. The maximum absolute atomic E-state index is 12.8. The van der Waals surface area contributed by atoms with Crippen LogP contribution in [0.2, 0.25) is 5.02 Å². The molecule has 1 amide bonds. The summed E-state index contributed by atoms with van der Waals surface area (Å²) in [6.45, 7) is 6.20. The van der Waals surface area contributed by atoms with Crippen molar-refractivity contribution in [1.29, 1.82) is 0 Å². The predicted molar refractivity (Wildman–Crippen MR) is 110 cm³/mol. The molecule has 2 aliphatic rings. The number of halogens is 1. The van der Waals surface area contributed by atoms with Gasteiger partial charge in [0.15, 0.2) is 6.04 Å². The van der Waals surface area contributed by atoms with E-state index in [1.54, 1.807) is 18.2 Å². The zero-order valence-electron chi connectivity index (χ0n) is 16.7. The molecule has 2 N–H and O–H groups in total. The summed E-state index contributed by atoms with van der Waals surface area (Å²) in [7, 11) is -3.55. The standard InChI is InChI=1S/C20H30ClN3O3S/c1-15-6-3-4-9-19(15)22-20(25)16(2)23-10-12-24(13-11-23)28(26,27)18-8-5-7-17(21)14-18/h5,7-8,14-16,19H,3-4,6,9-13H2,1-2H3,(H,22,25)/p+1/t15-,16-,19+/m1/s1. The van der Waals surface area contributed by atoms with Gasteiger partial charge in [0.1, 0.15) is 0 Å². The number of amides is 1. The number of carbonyl (C=O) groups excluding carboxylic acids is 1. The molecule has 1 aromatic rings. The number of nitrogens with zero attached hydrogens (tertiary/aromatic N) is 1. The highest BCUT2D eigenvalue weighted by molar-refractivity contribution is 7.89. The molecule has 0 bridgehead atoms. The number of rotatable bonds is 5. The third kappa shape index (κ3) is 4.87. The average molecular weight is 429 g/mol. The number of hydrogen-bond donors (Lipinski definition) is 2. The lowest BCUT2D eigenvalue weighted by Gasteiger charge is -2.35. The van der Waals surface area contributed by atoms with Crippen LogP contribution in [0.3, 0.4) is 0 Å². The third-order valence-electron chi connectivity index (χ3n) is 6.24. The Kier molecular flexibility index (Phi) is 7.02. The second-order valence-electron chi connectivity index (χ2n) is 8.12. The van der Waals surface area contributed by atoms with Gasteiger partial charge in [0, 0.05) is 11.1 Å². The van der Waals surface area contributed by atoms with Crippen LogP contribution < -0.4 is 10.2 Å². The molecular weight excluding hydrogens is 398 g/mol. The molecule has 1 aliphatic carbocycles. The van der Waals surface area contributed by atoms with E-state index in [0.717, 1.165) is 11.3 Å². The molecular formula is C20H31ClN3O3S+. The molecule has 1 aromatic carbocycles. The maximum atomic E-state index is 12.8. The van der Waals surface area contributed by atoms with Crippen LogP contribution in [0.25, 0.3) is 0 Å². The van der Waals surface area contributed by atoms with Crippen LogP contribution in [0.1, 0.15) is 39.5 Å². The Morgan fingerprint density at radius 3 is 2.57 bits per heavy atom. The van der Waals surface area contributed by atoms with Gasteiger partial charge in [-0.3, -0.25) is 4.79 Å². The first-order valence-electron chi connectivity index (χ1n) is 10.2. The third-order valence-corrected chi connectivity index (χ3v) is 8.37. The van der Waals surface area contributed by atoms with Gasteiger partial charge in [0.05, 0.1) is 31.1 Å². The highest BCUT2D eigenvalue weighted by atomic mass is 35.5. The average Bonchev–Trinajstić information content (AvgIpc) is 2.69. The number of benzene rings is 1. The molecule has 3 rings (SSSR count). The molecule has 1 heterocycles. The van der Waals surface area contributed by atoms with Crippen molar-refractivity contribution in [1.82, 2.24) is 9.62 Å². The fraction of sp³-hybridized carbons (Fsp3) is 0.650. The Labute approximate surface area is 173 Å². The van der Waals surface area contributed by atoms with Gasteiger partial charge < -0.3 is 10.2 Å². The van der Waals surface area contributed by atoms with Gasteiger partial charge in [-0.2, -0.15) is 4.31 Å². The molecule has 6 nitrogen and oxygen atoms in total. The van der Waals surface area contributed by atoms with Crippen molar-refractivity contribution < 1.29 is 18.1 Å². The van der Waals surface area contributed by atoms with Gasteiger partial charge in [-0.05, 0) is 43.9 Å². The fourth-order valence-corrected chi connectivity index (χ4v) is 5.99. The van der Waals surface area contributed by atoms with E-state index in [1.165, 1.54) is 29.6 Å². The first-order chi connectivity index (χ1) is 13.3. The Balaban J connectivity index is 1.56. The minimum Gasteiger partial charge on any atom is -0.348 e. The smallest absolute Gasteiger partial charge is 0.278 e. The van der Waals surface area contributed by atoms with Crippen molar-refractivity contribution in [3.05, 3.63) is 29.3 Å². The lowest BCUT2D eigenvalue weighted by atomic mass is 9.86. The normalized spacial score (nSPS) is 26.0. The maximum Gasteiger partial charge on any atom is 0.278 e. The van der Waals surface area contributed by atoms with Crippen LogP contribution in [-0.2, 0) is 14.8 Å². The van der Waals surface area contributed by atoms with Crippen LogP contribution in [0.15, 0.2) is 29.2 Å². The minimum atomic E-state index is -3.55. The Hall–Kier alpha value is -1.15. The van der Waals surface area contributed by atoms with E-state index in [9.17, 15) is 13.2 Å². The van der Waals surface area contributed by atoms with Crippen LogP contribution >= 0.6 is 11.6 Å². The SMILES string of the molecule is C[C@@H]1CCCC[C@@H]1NC(=O)[C@@H](C)[NH+]1CCN(S(=O)(=O)c2cccc(Cl)c2)CC1. The zero-order chi connectivity index (χ0) is 20.3. The molecule has 28 heavy (non-hydrogen) atoms. The summed E-state index contributed by atoms with van der Waals surface area (Å²) in [5.41, 5.74) is 0. The summed E-state index contributed by atoms with van der Waals surface area (Å²) in [6, 6.07) is 6.46. The van der Waals surface area contributed by atoms with Gasteiger partial charge >= 0.3 is 0 Å². The molecule has 0 radical (unpaired) electrons. The van der Waals surface area contributed by atoms with Crippen molar-refractivity contribution >= 4 is 27.5 Å².